The molecule has 3 N–H and O–H groups in total. The van der Waals surface area contributed by atoms with Crippen LogP contribution in [-0.4, -0.2) is 17.6 Å². The Morgan fingerprint density at radius 2 is 2.11 bits per heavy atom. The van der Waals surface area contributed by atoms with Crippen LogP contribution in [0, 0.1) is 0 Å². The van der Waals surface area contributed by atoms with E-state index in [2.05, 4.69) is 16.6 Å². The van der Waals surface area contributed by atoms with Crippen molar-refractivity contribution >= 4 is 17.2 Å². The molecule has 1 aromatic heterocycles. The van der Waals surface area contributed by atoms with Crippen LogP contribution in [0.4, 0.5) is 0 Å². The minimum Gasteiger partial charge on any atom is -0.409 e. The van der Waals surface area contributed by atoms with Crippen LogP contribution in [0.25, 0.3) is 0 Å². The second-order valence-corrected chi connectivity index (χ2v) is 5.06. The van der Waals surface area contributed by atoms with Gasteiger partial charge in [-0.05, 0) is 17.0 Å². The van der Waals surface area contributed by atoms with Gasteiger partial charge >= 0.3 is 0 Å². The van der Waals surface area contributed by atoms with Gasteiger partial charge in [-0.1, -0.05) is 35.5 Å². The molecule has 4 nitrogen and oxygen atoms in total. The molecule has 0 saturated heterocycles. The summed E-state index contributed by atoms with van der Waals surface area (Å²) in [6.45, 7) is 1.11. The number of benzene rings is 1. The minimum atomic E-state index is 0.109. The second kappa shape index (κ2) is 6.92. The second-order valence-electron chi connectivity index (χ2n) is 4.02. The van der Waals surface area contributed by atoms with Crippen LogP contribution < -0.4 is 5.73 Å². The van der Waals surface area contributed by atoms with E-state index in [-0.39, 0.29) is 5.84 Å². The van der Waals surface area contributed by atoms with Gasteiger partial charge in [-0.2, -0.15) is 0 Å². The van der Waals surface area contributed by atoms with Gasteiger partial charge in [0.25, 0.3) is 0 Å². The molecule has 0 unspecified atom stereocenters. The number of hydrogen-bond acceptors (Lipinski definition) is 4. The molecule has 0 fully saturated rings. The Balaban J connectivity index is 1.89. The van der Waals surface area contributed by atoms with Crippen LogP contribution in [0.1, 0.15) is 16.0 Å². The number of amidine groups is 1. The fourth-order valence-electron chi connectivity index (χ4n) is 1.76. The van der Waals surface area contributed by atoms with E-state index in [1.165, 1.54) is 4.88 Å². The van der Waals surface area contributed by atoms with E-state index < -0.39 is 0 Å². The number of nitrogens with two attached hydrogens (primary N) is 1. The van der Waals surface area contributed by atoms with Gasteiger partial charge in [0, 0.05) is 16.9 Å². The Hall–Kier alpha value is -1.85. The van der Waals surface area contributed by atoms with Crippen molar-refractivity contribution in [3.8, 4) is 0 Å². The fraction of sp³-hybridized carbons (Fsp3) is 0.214. The molecule has 0 atom stereocenters. The Morgan fingerprint density at radius 3 is 2.84 bits per heavy atom. The number of oxime groups is 1. The molecular formula is C14H16N2O2S. The number of ether oxygens (including phenoxy) is 1. The van der Waals surface area contributed by atoms with E-state index in [1.54, 1.807) is 11.3 Å². The standard InChI is InChI=1S/C14H16N2O2S/c15-14(16-17)13-6-2-1-4-11(13)10-18-8-7-12-5-3-9-19-12/h1-6,9,17H,7-8,10H2,(H2,15,16). The lowest BCUT2D eigenvalue weighted by atomic mass is 10.1. The normalized spacial score (nSPS) is 11.7. The van der Waals surface area contributed by atoms with Crippen LogP contribution >= 0.6 is 11.3 Å². The molecular weight excluding hydrogens is 260 g/mol. The predicted molar refractivity (Wildman–Crippen MR) is 76.6 cm³/mol. The molecule has 1 aromatic carbocycles. The van der Waals surface area contributed by atoms with Crippen molar-refractivity contribution in [1.82, 2.24) is 0 Å². The summed E-state index contributed by atoms with van der Waals surface area (Å²) < 4.78 is 5.64. The molecule has 0 aliphatic carbocycles. The van der Waals surface area contributed by atoms with E-state index in [0.717, 1.165) is 12.0 Å². The van der Waals surface area contributed by atoms with Gasteiger partial charge in [-0.15, -0.1) is 11.3 Å². The third kappa shape index (κ3) is 3.81. The van der Waals surface area contributed by atoms with E-state index in [9.17, 15) is 0 Å². The average Bonchev–Trinajstić information content (AvgIpc) is 2.96. The fourth-order valence-corrected chi connectivity index (χ4v) is 2.45. The van der Waals surface area contributed by atoms with Crippen molar-refractivity contribution in [1.29, 1.82) is 0 Å². The topological polar surface area (TPSA) is 67.8 Å². The van der Waals surface area contributed by atoms with E-state index in [4.69, 9.17) is 15.7 Å². The first-order chi connectivity index (χ1) is 9.31. The highest BCUT2D eigenvalue weighted by Gasteiger charge is 2.06. The smallest absolute Gasteiger partial charge is 0.170 e. The first-order valence-electron chi connectivity index (χ1n) is 5.97. The molecule has 0 amide bonds. The predicted octanol–water partition coefficient (Wildman–Crippen LogP) is 2.60. The Bertz CT molecular complexity index is 538. The largest absolute Gasteiger partial charge is 0.409 e. The first-order valence-corrected chi connectivity index (χ1v) is 6.85. The van der Waals surface area contributed by atoms with Gasteiger partial charge in [0.15, 0.2) is 5.84 Å². The lowest BCUT2D eigenvalue weighted by molar-refractivity contribution is 0.124. The van der Waals surface area contributed by atoms with Crippen LogP contribution in [0.3, 0.4) is 0 Å². The van der Waals surface area contributed by atoms with E-state index in [1.807, 2.05) is 30.3 Å². The van der Waals surface area contributed by atoms with Crippen LogP contribution in [0.15, 0.2) is 46.9 Å². The monoisotopic (exact) mass is 276 g/mol. The zero-order valence-corrected chi connectivity index (χ0v) is 11.3. The van der Waals surface area contributed by atoms with Crippen molar-refractivity contribution in [2.45, 2.75) is 13.0 Å². The van der Waals surface area contributed by atoms with Gasteiger partial charge < -0.3 is 15.7 Å². The number of thiophene rings is 1. The SMILES string of the molecule is NC(=NO)c1ccccc1COCCc1cccs1. The molecule has 2 rings (SSSR count). The van der Waals surface area contributed by atoms with Crippen molar-refractivity contribution in [2.75, 3.05) is 6.61 Å². The number of rotatable bonds is 6. The Kier molecular flexibility index (Phi) is 4.94. The molecule has 2 aromatic rings. The summed E-state index contributed by atoms with van der Waals surface area (Å²) in [5, 5.41) is 13.8. The summed E-state index contributed by atoms with van der Waals surface area (Å²) in [6, 6.07) is 11.6. The van der Waals surface area contributed by atoms with Crippen molar-refractivity contribution in [2.24, 2.45) is 10.9 Å². The van der Waals surface area contributed by atoms with Crippen LogP contribution in [-0.2, 0) is 17.8 Å². The molecule has 0 aliphatic heterocycles. The highest BCUT2D eigenvalue weighted by atomic mass is 32.1. The van der Waals surface area contributed by atoms with Gasteiger partial charge in [0.2, 0.25) is 0 Å². The zero-order valence-electron chi connectivity index (χ0n) is 10.5. The number of hydrogen-bond donors (Lipinski definition) is 2. The molecule has 19 heavy (non-hydrogen) atoms. The van der Waals surface area contributed by atoms with Gasteiger partial charge in [-0.25, -0.2) is 0 Å². The minimum absolute atomic E-state index is 0.109. The molecule has 0 saturated carbocycles. The van der Waals surface area contributed by atoms with Crippen molar-refractivity contribution < 1.29 is 9.94 Å². The summed E-state index contributed by atoms with van der Waals surface area (Å²) >= 11 is 1.73. The van der Waals surface area contributed by atoms with Crippen LogP contribution in [0.2, 0.25) is 0 Å². The molecule has 1 heterocycles. The lowest BCUT2D eigenvalue weighted by Gasteiger charge is -2.08. The maximum atomic E-state index is 8.73. The quantitative estimate of drug-likeness (QED) is 0.280. The molecule has 5 heteroatoms. The highest BCUT2D eigenvalue weighted by Crippen LogP contribution is 2.12. The summed E-state index contributed by atoms with van der Waals surface area (Å²) in [5.41, 5.74) is 7.25. The lowest BCUT2D eigenvalue weighted by Crippen LogP contribution is -2.16. The van der Waals surface area contributed by atoms with Gasteiger partial charge in [0.1, 0.15) is 0 Å². The molecule has 100 valence electrons. The summed E-state index contributed by atoms with van der Waals surface area (Å²) in [4.78, 5) is 1.31. The molecule has 0 bridgehead atoms. The Morgan fingerprint density at radius 1 is 1.26 bits per heavy atom. The Labute approximate surface area is 116 Å². The number of nitrogens with zero attached hydrogens (tertiary/aromatic N) is 1. The third-order valence-corrected chi connectivity index (χ3v) is 3.67. The van der Waals surface area contributed by atoms with Crippen molar-refractivity contribution in [3.63, 3.8) is 0 Å². The summed E-state index contributed by atoms with van der Waals surface area (Å²) in [6.07, 6.45) is 0.906. The molecule has 0 radical (unpaired) electrons. The third-order valence-electron chi connectivity index (χ3n) is 2.73. The first kappa shape index (κ1) is 13.6. The maximum absolute atomic E-state index is 8.73. The molecule has 0 aliphatic rings. The highest BCUT2D eigenvalue weighted by molar-refractivity contribution is 7.09. The summed E-state index contributed by atoms with van der Waals surface area (Å²) in [5.74, 6) is 0.109. The average molecular weight is 276 g/mol. The van der Waals surface area contributed by atoms with E-state index in [0.29, 0.717) is 18.8 Å². The van der Waals surface area contributed by atoms with Gasteiger partial charge in [-0.3, -0.25) is 0 Å². The van der Waals surface area contributed by atoms with E-state index >= 15 is 0 Å². The van der Waals surface area contributed by atoms with Crippen molar-refractivity contribution in [3.05, 3.63) is 57.8 Å². The van der Waals surface area contributed by atoms with Crippen LogP contribution in [0.5, 0.6) is 0 Å². The summed E-state index contributed by atoms with van der Waals surface area (Å²) in [7, 11) is 0. The zero-order chi connectivity index (χ0) is 13.5. The maximum Gasteiger partial charge on any atom is 0.170 e. The molecule has 0 spiro atoms. The van der Waals surface area contributed by atoms with Gasteiger partial charge in [0.05, 0.1) is 13.2 Å².